The van der Waals surface area contributed by atoms with Crippen molar-refractivity contribution in [3.63, 3.8) is 0 Å². The van der Waals surface area contributed by atoms with Crippen molar-refractivity contribution in [1.82, 2.24) is 0 Å². The van der Waals surface area contributed by atoms with Crippen LogP contribution >= 0.6 is 0 Å². The molecular weight excluding hydrogens is 423 g/mol. The third kappa shape index (κ3) is 9.96. The molecule has 0 spiro atoms. The second kappa shape index (κ2) is 14.9. The van der Waals surface area contributed by atoms with E-state index in [9.17, 15) is 18.1 Å². The first-order valence-corrected chi connectivity index (χ1v) is 12.4. The number of para-hydroxylation sites is 1. The van der Waals surface area contributed by atoms with Crippen LogP contribution in [0.25, 0.3) is 0 Å². The summed E-state index contributed by atoms with van der Waals surface area (Å²) in [5.41, 5.74) is 0.419. The van der Waals surface area contributed by atoms with Crippen LogP contribution in [0.2, 0.25) is 0 Å². The van der Waals surface area contributed by atoms with E-state index >= 15 is 0 Å². The van der Waals surface area contributed by atoms with Gasteiger partial charge < -0.3 is 9.84 Å². The van der Waals surface area contributed by atoms with Gasteiger partial charge in [0.05, 0.1) is 0 Å². The van der Waals surface area contributed by atoms with Crippen LogP contribution < -0.4 is 39.4 Å². The summed E-state index contributed by atoms with van der Waals surface area (Å²) in [4.78, 5) is -0.408. The molecular formula is C24H33NaO5S. The second-order valence-corrected chi connectivity index (χ2v) is 9.06. The molecule has 0 fully saturated rings. The van der Waals surface area contributed by atoms with E-state index in [0.717, 1.165) is 19.3 Å². The van der Waals surface area contributed by atoms with E-state index in [2.05, 4.69) is 6.92 Å². The predicted molar refractivity (Wildman–Crippen MR) is 118 cm³/mol. The van der Waals surface area contributed by atoms with Crippen LogP contribution in [0.3, 0.4) is 0 Å². The Balaban J connectivity index is 0.00000480. The van der Waals surface area contributed by atoms with Crippen molar-refractivity contribution >= 4 is 10.1 Å². The molecule has 0 bridgehead atoms. The van der Waals surface area contributed by atoms with Gasteiger partial charge in [0.1, 0.15) is 16.4 Å². The molecule has 2 aromatic rings. The van der Waals surface area contributed by atoms with Crippen molar-refractivity contribution < 1.29 is 52.4 Å². The molecule has 2 rings (SSSR count). The Morgan fingerprint density at radius 3 is 1.94 bits per heavy atom. The van der Waals surface area contributed by atoms with Crippen molar-refractivity contribution in [2.45, 2.75) is 82.4 Å². The second-order valence-electron chi connectivity index (χ2n) is 7.70. The van der Waals surface area contributed by atoms with Crippen LogP contribution in [0.4, 0.5) is 0 Å². The number of hydrogen-bond acceptors (Lipinski definition) is 4. The molecule has 0 radical (unpaired) electrons. The van der Waals surface area contributed by atoms with Crippen LogP contribution in [-0.2, 0) is 16.5 Å². The molecule has 166 valence electrons. The zero-order valence-electron chi connectivity index (χ0n) is 18.8. The molecule has 0 saturated heterocycles. The van der Waals surface area contributed by atoms with Gasteiger partial charge in [0, 0.05) is 0 Å². The minimum absolute atomic E-state index is 0. The summed E-state index contributed by atoms with van der Waals surface area (Å²) in [6.07, 6.45) is 12.2. The van der Waals surface area contributed by atoms with Gasteiger partial charge in [-0.15, -0.1) is 0 Å². The van der Waals surface area contributed by atoms with E-state index < -0.39 is 20.8 Å². The molecule has 31 heavy (non-hydrogen) atoms. The quantitative estimate of drug-likeness (QED) is 0.268. The SMILES string of the molecule is CCCCCCCCCCCCc1ccc([O-])c(Oc2ccccc2)c1S(=O)(=O)O.[Na+]. The van der Waals surface area contributed by atoms with Crippen LogP contribution in [0.15, 0.2) is 47.4 Å². The number of rotatable bonds is 14. The van der Waals surface area contributed by atoms with Gasteiger partial charge in [-0.1, -0.05) is 101 Å². The van der Waals surface area contributed by atoms with Crippen LogP contribution in [0.1, 0.15) is 76.7 Å². The Bertz CT molecular complexity index is 869. The number of aryl methyl sites for hydroxylation is 1. The number of ether oxygens (including phenoxy) is 1. The van der Waals surface area contributed by atoms with Gasteiger partial charge >= 0.3 is 29.6 Å². The maximum absolute atomic E-state index is 12.3. The zero-order chi connectivity index (χ0) is 21.8. The zero-order valence-corrected chi connectivity index (χ0v) is 21.6. The molecule has 0 aliphatic carbocycles. The first kappa shape index (κ1) is 28.0. The summed E-state index contributed by atoms with van der Waals surface area (Å²) in [5.74, 6) is -0.567. The summed E-state index contributed by atoms with van der Waals surface area (Å²) >= 11 is 0. The third-order valence-electron chi connectivity index (χ3n) is 5.18. The van der Waals surface area contributed by atoms with E-state index in [4.69, 9.17) is 4.74 Å². The van der Waals surface area contributed by atoms with Gasteiger partial charge in [-0.2, -0.15) is 8.42 Å². The third-order valence-corrected chi connectivity index (χ3v) is 6.14. The molecule has 7 heteroatoms. The Labute approximate surface area is 209 Å². The number of benzene rings is 2. The van der Waals surface area contributed by atoms with Gasteiger partial charge in [0.2, 0.25) is 0 Å². The van der Waals surface area contributed by atoms with Gasteiger partial charge in [-0.25, -0.2) is 0 Å². The van der Waals surface area contributed by atoms with Crippen molar-refractivity contribution in [2.75, 3.05) is 0 Å². The Morgan fingerprint density at radius 2 is 1.39 bits per heavy atom. The fourth-order valence-corrected chi connectivity index (χ4v) is 4.45. The predicted octanol–water partition coefficient (Wildman–Crippen LogP) is 3.27. The summed E-state index contributed by atoms with van der Waals surface area (Å²) in [6, 6.07) is 11.3. The molecule has 0 unspecified atom stereocenters. The normalized spacial score (nSPS) is 11.2. The van der Waals surface area contributed by atoms with E-state index in [-0.39, 0.29) is 35.3 Å². The van der Waals surface area contributed by atoms with Crippen LogP contribution in [-0.4, -0.2) is 13.0 Å². The Morgan fingerprint density at radius 1 is 0.839 bits per heavy atom. The molecule has 0 aliphatic heterocycles. The molecule has 0 atom stereocenters. The number of unbranched alkanes of at least 4 members (excludes halogenated alkanes) is 9. The first-order chi connectivity index (χ1) is 14.4. The standard InChI is InChI=1S/C24H34O5S.Na/c1-2-3-4-5-6-7-8-9-10-12-15-20-18-19-22(25)23(24(20)30(26,27)28)29-21-16-13-11-14-17-21;/h11,13-14,16-19,25H,2-10,12,15H2,1H3,(H,26,27,28);/q;+1/p-1. The monoisotopic (exact) mass is 456 g/mol. The van der Waals surface area contributed by atoms with Gasteiger partial charge in [-0.05, 0) is 30.5 Å². The largest absolute Gasteiger partial charge is 1.00 e. The van der Waals surface area contributed by atoms with Crippen LogP contribution in [0.5, 0.6) is 17.2 Å². The average Bonchev–Trinajstić information content (AvgIpc) is 2.71. The van der Waals surface area contributed by atoms with E-state index in [1.807, 2.05) is 0 Å². The molecule has 0 heterocycles. The topological polar surface area (TPSA) is 86.7 Å². The van der Waals surface area contributed by atoms with Crippen molar-refractivity contribution in [2.24, 2.45) is 0 Å². The minimum atomic E-state index is -4.59. The van der Waals surface area contributed by atoms with Crippen LogP contribution in [0, 0.1) is 0 Å². The summed E-state index contributed by atoms with van der Waals surface area (Å²) in [7, 11) is -4.59. The molecule has 2 aromatic carbocycles. The van der Waals surface area contributed by atoms with E-state index in [0.29, 0.717) is 17.7 Å². The maximum Gasteiger partial charge on any atom is 1.00 e. The first-order valence-electron chi connectivity index (χ1n) is 11.0. The summed E-state index contributed by atoms with van der Waals surface area (Å²) < 4.78 is 39.4. The molecule has 0 saturated carbocycles. The molecule has 0 amide bonds. The minimum Gasteiger partial charge on any atom is -0.870 e. The molecule has 5 nitrogen and oxygen atoms in total. The molecule has 0 aromatic heterocycles. The average molecular weight is 457 g/mol. The Hall–Kier alpha value is -1.05. The van der Waals surface area contributed by atoms with Crippen molar-refractivity contribution in [3.05, 3.63) is 48.0 Å². The smallest absolute Gasteiger partial charge is 0.870 e. The summed E-state index contributed by atoms with van der Waals surface area (Å²) in [6.45, 7) is 2.22. The fraction of sp³-hybridized carbons (Fsp3) is 0.500. The van der Waals surface area contributed by atoms with Crippen molar-refractivity contribution in [3.8, 4) is 17.2 Å². The molecule has 1 N–H and O–H groups in total. The summed E-state index contributed by atoms with van der Waals surface area (Å²) in [5, 5.41) is 12.3. The van der Waals surface area contributed by atoms with E-state index in [1.165, 1.54) is 57.1 Å². The Kier molecular flexibility index (Phi) is 13.5. The van der Waals surface area contributed by atoms with Gasteiger partial charge in [-0.3, -0.25) is 4.55 Å². The van der Waals surface area contributed by atoms with Gasteiger partial charge in [0.15, 0.2) is 0 Å². The van der Waals surface area contributed by atoms with Gasteiger partial charge in [0.25, 0.3) is 10.1 Å². The molecule has 0 aliphatic rings. The maximum atomic E-state index is 12.3. The fourth-order valence-electron chi connectivity index (χ4n) is 3.57. The van der Waals surface area contributed by atoms with Crippen molar-refractivity contribution in [1.29, 1.82) is 0 Å². The number of hydrogen-bond donors (Lipinski definition) is 1. The van der Waals surface area contributed by atoms with E-state index in [1.54, 1.807) is 30.3 Å².